The molecule has 0 aromatic heterocycles. The highest BCUT2D eigenvalue weighted by Gasteiger charge is 2.10. The van der Waals surface area contributed by atoms with Crippen molar-refractivity contribution in [2.45, 2.75) is 26.8 Å². The molecule has 100 valence electrons. The molecule has 0 bridgehead atoms. The van der Waals surface area contributed by atoms with Crippen LogP contribution in [0.4, 0.5) is 0 Å². The quantitative estimate of drug-likeness (QED) is 0.903. The fourth-order valence-electron chi connectivity index (χ4n) is 2.11. The van der Waals surface area contributed by atoms with Gasteiger partial charge in [-0.25, -0.2) is 0 Å². The van der Waals surface area contributed by atoms with Gasteiger partial charge in [-0.2, -0.15) is 0 Å². The molecule has 0 radical (unpaired) electrons. The SMILES string of the molecule is CCOc1cccc(C(N)c2ccc(C)c(C)c2)c1. The molecule has 1 unspecified atom stereocenters. The van der Waals surface area contributed by atoms with Crippen molar-refractivity contribution in [1.29, 1.82) is 0 Å². The van der Waals surface area contributed by atoms with E-state index in [1.54, 1.807) is 0 Å². The van der Waals surface area contributed by atoms with E-state index in [9.17, 15) is 0 Å². The number of hydrogen-bond acceptors (Lipinski definition) is 2. The molecule has 0 aliphatic rings. The topological polar surface area (TPSA) is 35.2 Å². The van der Waals surface area contributed by atoms with E-state index < -0.39 is 0 Å². The van der Waals surface area contributed by atoms with E-state index in [1.807, 2.05) is 31.2 Å². The van der Waals surface area contributed by atoms with Crippen molar-refractivity contribution in [3.63, 3.8) is 0 Å². The Labute approximate surface area is 115 Å². The molecule has 0 saturated heterocycles. The first-order chi connectivity index (χ1) is 9.11. The zero-order valence-corrected chi connectivity index (χ0v) is 11.8. The van der Waals surface area contributed by atoms with Crippen LogP contribution in [0.2, 0.25) is 0 Å². The maximum Gasteiger partial charge on any atom is 0.119 e. The van der Waals surface area contributed by atoms with Gasteiger partial charge in [-0.05, 0) is 55.2 Å². The van der Waals surface area contributed by atoms with E-state index in [1.165, 1.54) is 11.1 Å². The second-order valence-electron chi connectivity index (χ2n) is 4.83. The van der Waals surface area contributed by atoms with Gasteiger partial charge < -0.3 is 10.5 Å². The van der Waals surface area contributed by atoms with Gasteiger partial charge in [-0.3, -0.25) is 0 Å². The summed E-state index contributed by atoms with van der Waals surface area (Å²) in [6.07, 6.45) is 0. The van der Waals surface area contributed by atoms with Gasteiger partial charge >= 0.3 is 0 Å². The van der Waals surface area contributed by atoms with Crippen LogP contribution >= 0.6 is 0 Å². The Morgan fingerprint density at radius 2 is 1.74 bits per heavy atom. The minimum atomic E-state index is -0.111. The fourth-order valence-corrected chi connectivity index (χ4v) is 2.11. The summed E-state index contributed by atoms with van der Waals surface area (Å²) >= 11 is 0. The smallest absolute Gasteiger partial charge is 0.119 e. The number of nitrogens with two attached hydrogens (primary N) is 1. The Balaban J connectivity index is 2.29. The molecule has 2 heteroatoms. The predicted octanol–water partition coefficient (Wildman–Crippen LogP) is 3.75. The summed E-state index contributed by atoms with van der Waals surface area (Å²) in [5, 5.41) is 0. The van der Waals surface area contributed by atoms with Crippen molar-refractivity contribution in [2.75, 3.05) is 6.61 Å². The van der Waals surface area contributed by atoms with Crippen LogP contribution in [0, 0.1) is 13.8 Å². The first kappa shape index (κ1) is 13.6. The van der Waals surface area contributed by atoms with Gasteiger partial charge in [-0.15, -0.1) is 0 Å². The standard InChI is InChI=1S/C17H21NO/c1-4-19-16-7-5-6-14(11-16)17(18)15-9-8-12(2)13(3)10-15/h5-11,17H,4,18H2,1-3H3. The monoisotopic (exact) mass is 255 g/mol. The van der Waals surface area contributed by atoms with E-state index in [4.69, 9.17) is 10.5 Å². The molecule has 0 fully saturated rings. The summed E-state index contributed by atoms with van der Waals surface area (Å²) < 4.78 is 5.52. The minimum absolute atomic E-state index is 0.111. The molecule has 2 N–H and O–H groups in total. The first-order valence-corrected chi connectivity index (χ1v) is 6.67. The highest BCUT2D eigenvalue weighted by Crippen LogP contribution is 2.24. The van der Waals surface area contributed by atoms with Crippen LogP contribution in [0.15, 0.2) is 42.5 Å². The van der Waals surface area contributed by atoms with Crippen LogP contribution in [0.1, 0.15) is 35.2 Å². The molecule has 0 aliphatic carbocycles. The number of ether oxygens (including phenoxy) is 1. The molecule has 0 spiro atoms. The van der Waals surface area contributed by atoms with Gasteiger partial charge in [0.2, 0.25) is 0 Å². The fraction of sp³-hybridized carbons (Fsp3) is 0.294. The van der Waals surface area contributed by atoms with Crippen molar-refractivity contribution >= 4 is 0 Å². The van der Waals surface area contributed by atoms with Crippen molar-refractivity contribution in [3.8, 4) is 5.75 Å². The average molecular weight is 255 g/mol. The Morgan fingerprint density at radius 1 is 1.00 bits per heavy atom. The molecular weight excluding hydrogens is 234 g/mol. The van der Waals surface area contributed by atoms with Gasteiger partial charge in [0.05, 0.1) is 12.6 Å². The van der Waals surface area contributed by atoms with Crippen LogP contribution in [0.3, 0.4) is 0 Å². The van der Waals surface area contributed by atoms with Crippen LogP contribution in [-0.4, -0.2) is 6.61 Å². The van der Waals surface area contributed by atoms with E-state index in [0.29, 0.717) is 6.61 Å². The first-order valence-electron chi connectivity index (χ1n) is 6.67. The van der Waals surface area contributed by atoms with Crippen molar-refractivity contribution in [2.24, 2.45) is 5.73 Å². The molecule has 1 atom stereocenters. The lowest BCUT2D eigenvalue weighted by atomic mass is 9.96. The molecule has 0 heterocycles. The summed E-state index contributed by atoms with van der Waals surface area (Å²) in [7, 11) is 0. The molecule has 2 rings (SSSR count). The maximum atomic E-state index is 6.34. The molecule has 0 saturated carbocycles. The molecule has 2 aromatic rings. The minimum Gasteiger partial charge on any atom is -0.494 e. The summed E-state index contributed by atoms with van der Waals surface area (Å²) in [4.78, 5) is 0. The van der Waals surface area contributed by atoms with Crippen molar-refractivity contribution < 1.29 is 4.74 Å². The lowest BCUT2D eigenvalue weighted by Gasteiger charge is -2.15. The number of rotatable bonds is 4. The summed E-state index contributed by atoms with van der Waals surface area (Å²) in [6.45, 7) is 6.88. The number of aryl methyl sites for hydroxylation is 2. The molecule has 2 nitrogen and oxygen atoms in total. The van der Waals surface area contributed by atoms with Gasteiger partial charge in [-0.1, -0.05) is 30.3 Å². The van der Waals surface area contributed by atoms with Crippen LogP contribution in [0.5, 0.6) is 5.75 Å². The van der Waals surface area contributed by atoms with Crippen molar-refractivity contribution in [3.05, 3.63) is 64.7 Å². The maximum absolute atomic E-state index is 6.34. The lowest BCUT2D eigenvalue weighted by molar-refractivity contribution is 0.340. The summed E-state index contributed by atoms with van der Waals surface area (Å²) in [5.41, 5.74) is 11.1. The highest BCUT2D eigenvalue weighted by molar-refractivity contribution is 5.39. The average Bonchev–Trinajstić information content (AvgIpc) is 2.42. The number of hydrogen-bond donors (Lipinski definition) is 1. The van der Waals surface area contributed by atoms with Crippen LogP contribution < -0.4 is 10.5 Å². The Morgan fingerprint density at radius 3 is 2.42 bits per heavy atom. The third kappa shape index (κ3) is 3.15. The van der Waals surface area contributed by atoms with Crippen molar-refractivity contribution in [1.82, 2.24) is 0 Å². The third-order valence-corrected chi connectivity index (χ3v) is 3.42. The summed E-state index contributed by atoms with van der Waals surface area (Å²) in [5.74, 6) is 0.874. The zero-order valence-electron chi connectivity index (χ0n) is 11.8. The van der Waals surface area contributed by atoms with E-state index >= 15 is 0 Å². The molecule has 0 amide bonds. The molecule has 0 aliphatic heterocycles. The van der Waals surface area contributed by atoms with Gasteiger partial charge in [0.1, 0.15) is 5.75 Å². The molecule has 2 aromatic carbocycles. The summed E-state index contributed by atoms with van der Waals surface area (Å²) in [6, 6.07) is 14.3. The normalized spacial score (nSPS) is 12.2. The van der Waals surface area contributed by atoms with E-state index in [2.05, 4.69) is 32.0 Å². The van der Waals surface area contributed by atoms with Crippen LogP contribution in [0.25, 0.3) is 0 Å². The second kappa shape index (κ2) is 5.89. The molecule has 19 heavy (non-hydrogen) atoms. The third-order valence-electron chi connectivity index (χ3n) is 3.42. The number of benzene rings is 2. The van der Waals surface area contributed by atoms with Crippen LogP contribution in [-0.2, 0) is 0 Å². The van der Waals surface area contributed by atoms with Gasteiger partial charge in [0, 0.05) is 0 Å². The lowest BCUT2D eigenvalue weighted by Crippen LogP contribution is -2.12. The highest BCUT2D eigenvalue weighted by atomic mass is 16.5. The zero-order chi connectivity index (χ0) is 13.8. The largest absolute Gasteiger partial charge is 0.494 e. The van der Waals surface area contributed by atoms with E-state index in [0.717, 1.165) is 16.9 Å². The predicted molar refractivity (Wildman–Crippen MR) is 79.6 cm³/mol. The van der Waals surface area contributed by atoms with Gasteiger partial charge in [0.25, 0.3) is 0 Å². The second-order valence-corrected chi connectivity index (χ2v) is 4.83. The van der Waals surface area contributed by atoms with Gasteiger partial charge in [0.15, 0.2) is 0 Å². The van der Waals surface area contributed by atoms with E-state index in [-0.39, 0.29) is 6.04 Å². The Kier molecular flexibility index (Phi) is 4.23. The molecular formula is C17H21NO. The Hall–Kier alpha value is -1.80. The Bertz CT molecular complexity index is 563.